The number of hydrogen-bond donors (Lipinski definition) is 2. The van der Waals surface area contributed by atoms with Crippen LogP contribution in [0.3, 0.4) is 0 Å². The van der Waals surface area contributed by atoms with Gasteiger partial charge in [-0.2, -0.15) is 0 Å². The number of urea groups is 1. The van der Waals surface area contributed by atoms with Crippen LogP contribution in [0, 0.1) is 0 Å². The Labute approximate surface area is 151 Å². The van der Waals surface area contributed by atoms with Gasteiger partial charge in [-0.05, 0) is 42.0 Å². The van der Waals surface area contributed by atoms with Gasteiger partial charge in [-0.3, -0.25) is 0 Å². The van der Waals surface area contributed by atoms with Crippen molar-refractivity contribution < 1.29 is 22.7 Å². The van der Waals surface area contributed by atoms with E-state index in [4.69, 9.17) is 5.14 Å². The van der Waals surface area contributed by atoms with Crippen LogP contribution in [0.1, 0.15) is 15.9 Å². The van der Waals surface area contributed by atoms with E-state index in [0.717, 1.165) is 5.56 Å². The topological polar surface area (TPSA) is 119 Å². The number of amides is 2. The van der Waals surface area contributed by atoms with Gasteiger partial charge in [-0.1, -0.05) is 12.1 Å². The highest BCUT2D eigenvalue weighted by molar-refractivity contribution is 7.89. The summed E-state index contributed by atoms with van der Waals surface area (Å²) in [5, 5.41) is 7.68. The van der Waals surface area contributed by atoms with Crippen LogP contribution in [-0.2, 0) is 21.3 Å². The number of carbonyl (C=O) groups excluding carboxylic acids is 2. The Hall–Kier alpha value is -2.91. The maximum absolute atomic E-state index is 12.2. The van der Waals surface area contributed by atoms with Gasteiger partial charge in [0.15, 0.2) is 0 Å². The van der Waals surface area contributed by atoms with Gasteiger partial charge in [0.25, 0.3) is 0 Å². The molecule has 2 aromatic rings. The quantitative estimate of drug-likeness (QED) is 0.770. The van der Waals surface area contributed by atoms with Crippen LogP contribution < -0.4 is 10.5 Å². The van der Waals surface area contributed by atoms with Crippen molar-refractivity contribution in [3.05, 3.63) is 59.7 Å². The van der Waals surface area contributed by atoms with Crippen molar-refractivity contribution in [1.29, 1.82) is 0 Å². The van der Waals surface area contributed by atoms with E-state index in [1.54, 1.807) is 31.3 Å². The Morgan fingerprint density at radius 2 is 1.65 bits per heavy atom. The summed E-state index contributed by atoms with van der Waals surface area (Å²) in [5.41, 5.74) is 1.70. The number of anilines is 1. The third kappa shape index (κ3) is 5.04. The molecule has 26 heavy (non-hydrogen) atoms. The van der Waals surface area contributed by atoms with E-state index in [9.17, 15) is 18.0 Å². The Balaban J connectivity index is 1.98. The minimum atomic E-state index is -3.77. The zero-order valence-corrected chi connectivity index (χ0v) is 15.1. The lowest BCUT2D eigenvalue weighted by molar-refractivity contribution is 0.0600. The fourth-order valence-electron chi connectivity index (χ4n) is 2.16. The molecule has 0 saturated heterocycles. The van der Waals surface area contributed by atoms with Crippen LogP contribution in [0.4, 0.5) is 10.5 Å². The van der Waals surface area contributed by atoms with E-state index in [2.05, 4.69) is 10.1 Å². The van der Waals surface area contributed by atoms with Crippen LogP contribution in [0.25, 0.3) is 0 Å². The van der Waals surface area contributed by atoms with Gasteiger partial charge >= 0.3 is 12.0 Å². The number of benzene rings is 2. The SMILES string of the molecule is COC(=O)c1ccc(CN(C)C(=O)Nc2ccc(S(N)(=O)=O)cc2)cc1. The average Bonchev–Trinajstić information content (AvgIpc) is 2.61. The fourth-order valence-corrected chi connectivity index (χ4v) is 2.67. The van der Waals surface area contributed by atoms with Crippen molar-refractivity contribution >= 4 is 27.7 Å². The highest BCUT2D eigenvalue weighted by Gasteiger charge is 2.12. The van der Waals surface area contributed by atoms with Crippen molar-refractivity contribution in [3.8, 4) is 0 Å². The summed E-state index contributed by atoms with van der Waals surface area (Å²) in [6.07, 6.45) is 0. The zero-order valence-electron chi connectivity index (χ0n) is 14.3. The van der Waals surface area contributed by atoms with E-state index < -0.39 is 16.0 Å². The van der Waals surface area contributed by atoms with E-state index in [1.807, 2.05) is 0 Å². The molecule has 0 aliphatic heterocycles. The molecule has 0 heterocycles. The fraction of sp³-hybridized carbons (Fsp3) is 0.176. The molecule has 0 spiro atoms. The second-order valence-electron chi connectivity index (χ2n) is 5.54. The summed E-state index contributed by atoms with van der Waals surface area (Å²) >= 11 is 0. The van der Waals surface area contributed by atoms with Crippen LogP contribution in [0.5, 0.6) is 0 Å². The summed E-state index contributed by atoms with van der Waals surface area (Å²) in [6, 6.07) is 11.9. The maximum atomic E-state index is 12.2. The lowest BCUT2D eigenvalue weighted by Gasteiger charge is -2.18. The predicted octanol–water partition coefficient (Wildman–Crippen LogP) is 1.78. The minimum Gasteiger partial charge on any atom is -0.465 e. The van der Waals surface area contributed by atoms with Gasteiger partial charge in [0, 0.05) is 19.3 Å². The van der Waals surface area contributed by atoms with Gasteiger partial charge in [-0.25, -0.2) is 23.1 Å². The first-order chi connectivity index (χ1) is 12.2. The van der Waals surface area contributed by atoms with Gasteiger partial charge in [-0.15, -0.1) is 0 Å². The molecule has 0 aliphatic carbocycles. The number of hydrogen-bond acceptors (Lipinski definition) is 5. The molecule has 2 rings (SSSR count). The molecule has 0 bridgehead atoms. The maximum Gasteiger partial charge on any atom is 0.337 e. The molecule has 2 aromatic carbocycles. The molecule has 0 saturated carbocycles. The normalized spacial score (nSPS) is 10.9. The minimum absolute atomic E-state index is 0.0328. The summed E-state index contributed by atoms with van der Waals surface area (Å²) in [5.74, 6) is -0.425. The molecule has 0 aliphatic rings. The number of nitrogens with two attached hydrogens (primary N) is 1. The van der Waals surface area contributed by atoms with E-state index in [1.165, 1.54) is 36.3 Å². The summed E-state index contributed by atoms with van der Waals surface area (Å²) in [7, 11) is -0.850. The molecule has 0 radical (unpaired) electrons. The van der Waals surface area contributed by atoms with Crippen LogP contribution in [0.15, 0.2) is 53.4 Å². The molecule has 3 N–H and O–H groups in total. The molecule has 2 amide bonds. The van der Waals surface area contributed by atoms with Gasteiger partial charge in [0.05, 0.1) is 17.6 Å². The molecule has 138 valence electrons. The van der Waals surface area contributed by atoms with Gasteiger partial charge in [0.2, 0.25) is 10.0 Å². The standard InChI is InChI=1S/C17H19N3O5S/c1-20(11-12-3-5-13(6-4-12)16(21)25-2)17(22)19-14-7-9-15(10-8-14)26(18,23)24/h3-10H,11H2,1-2H3,(H,19,22)(H2,18,23,24). The summed E-state index contributed by atoms with van der Waals surface area (Å²) in [4.78, 5) is 25.0. The highest BCUT2D eigenvalue weighted by Crippen LogP contribution is 2.14. The van der Waals surface area contributed by atoms with E-state index in [0.29, 0.717) is 17.8 Å². The Morgan fingerprint density at radius 1 is 1.08 bits per heavy atom. The number of esters is 1. The molecular formula is C17H19N3O5S. The average molecular weight is 377 g/mol. The number of sulfonamides is 1. The smallest absolute Gasteiger partial charge is 0.337 e. The molecule has 9 heteroatoms. The van der Waals surface area contributed by atoms with E-state index >= 15 is 0 Å². The molecule has 0 fully saturated rings. The van der Waals surface area contributed by atoms with E-state index in [-0.39, 0.29) is 10.9 Å². The summed E-state index contributed by atoms with van der Waals surface area (Å²) < 4.78 is 27.1. The lowest BCUT2D eigenvalue weighted by atomic mass is 10.1. The predicted molar refractivity (Wildman–Crippen MR) is 96.1 cm³/mol. The number of nitrogens with zero attached hydrogens (tertiary/aromatic N) is 1. The molecule has 8 nitrogen and oxygen atoms in total. The van der Waals surface area contributed by atoms with Gasteiger partial charge < -0.3 is 15.0 Å². The Bertz CT molecular complexity index is 893. The number of nitrogens with one attached hydrogen (secondary N) is 1. The summed E-state index contributed by atoms with van der Waals surface area (Å²) in [6.45, 7) is 0.322. The van der Waals surface area contributed by atoms with Crippen molar-refractivity contribution in [2.24, 2.45) is 5.14 Å². The van der Waals surface area contributed by atoms with Crippen molar-refractivity contribution in [2.75, 3.05) is 19.5 Å². The largest absolute Gasteiger partial charge is 0.465 e. The third-order valence-electron chi connectivity index (χ3n) is 3.58. The number of methoxy groups -OCH3 is 1. The number of primary sulfonamides is 1. The van der Waals surface area contributed by atoms with Crippen LogP contribution >= 0.6 is 0 Å². The van der Waals surface area contributed by atoms with Crippen LogP contribution in [-0.4, -0.2) is 39.5 Å². The number of ether oxygens (including phenoxy) is 1. The second-order valence-corrected chi connectivity index (χ2v) is 7.11. The first-order valence-corrected chi connectivity index (χ1v) is 9.07. The molecule has 0 atom stereocenters. The first-order valence-electron chi connectivity index (χ1n) is 7.53. The third-order valence-corrected chi connectivity index (χ3v) is 4.50. The van der Waals surface area contributed by atoms with Gasteiger partial charge in [0.1, 0.15) is 0 Å². The second kappa shape index (κ2) is 7.98. The molecule has 0 aromatic heterocycles. The molecule has 0 unspecified atom stereocenters. The van der Waals surface area contributed by atoms with Crippen LogP contribution in [0.2, 0.25) is 0 Å². The zero-order chi connectivity index (χ0) is 19.3. The Kier molecular flexibility index (Phi) is 5.96. The molecular weight excluding hydrogens is 358 g/mol. The highest BCUT2D eigenvalue weighted by atomic mass is 32.2. The Morgan fingerprint density at radius 3 is 2.15 bits per heavy atom. The monoisotopic (exact) mass is 377 g/mol. The number of carbonyl (C=O) groups is 2. The van der Waals surface area contributed by atoms with Crippen molar-refractivity contribution in [1.82, 2.24) is 4.90 Å². The number of rotatable bonds is 5. The van der Waals surface area contributed by atoms with Crippen molar-refractivity contribution in [2.45, 2.75) is 11.4 Å². The lowest BCUT2D eigenvalue weighted by Crippen LogP contribution is -2.30. The first kappa shape index (κ1) is 19.4. The van der Waals surface area contributed by atoms with Crippen molar-refractivity contribution in [3.63, 3.8) is 0 Å².